The number of nitrogens with one attached hydrogen (secondary N) is 2. The second-order valence-electron chi connectivity index (χ2n) is 7.22. The minimum atomic E-state index is -0.323. The summed E-state index contributed by atoms with van der Waals surface area (Å²) in [6, 6.07) is 13.2. The molecule has 6 rings (SSSR count). The van der Waals surface area contributed by atoms with E-state index in [0.717, 1.165) is 22.2 Å². The van der Waals surface area contributed by atoms with Crippen LogP contribution in [0, 0.1) is 6.92 Å². The summed E-state index contributed by atoms with van der Waals surface area (Å²) in [5.74, 6) is 0.210. The zero-order valence-electron chi connectivity index (χ0n) is 16.7. The van der Waals surface area contributed by atoms with E-state index in [0.29, 0.717) is 33.2 Å². The third kappa shape index (κ3) is 2.98. The van der Waals surface area contributed by atoms with Gasteiger partial charge in [0, 0.05) is 28.0 Å². The van der Waals surface area contributed by atoms with Gasteiger partial charge in [0.15, 0.2) is 10.9 Å². The molecule has 0 radical (unpaired) electrons. The molecule has 0 saturated heterocycles. The van der Waals surface area contributed by atoms with Crippen molar-refractivity contribution in [1.82, 2.24) is 20.1 Å². The summed E-state index contributed by atoms with van der Waals surface area (Å²) in [7, 11) is 0. The van der Waals surface area contributed by atoms with E-state index in [-0.39, 0.29) is 11.6 Å². The molecule has 0 spiro atoms. The molecule has 0 bridgehead atoms. The molecule has 0 aliphatic rings. The summed E-state index contributed by atoms with van der Waals surface area (Å²) >= 11 is 1.36. The SMILES string of the molecule is Cc1noc2nc(-c3ccco3)cc(C(=O)Nc3nc(-c4c[nH]c5ccccc45)cs3)c12. The van der Waals surface area contributed by atoms with Crippen LogP contribution in [0.1, 0.15) is 16.1 Å². The van der Waals surface area contributed by atoms with Gasteiger partial charge in [-0.15, -0.1) is 11.3 Å². The summed E-state index contributed by atoms with van der Waals surface area (Å²) in [5.41, 5.74) is 4.56. The Balaban J connectivity index is 1.36. The van der Waals surface area contributed by atoms with E-state index >= 15 is 0 Å². The number of nitrogens with zero attached hydrogens (tertiary/aromatic N) is 3. The number of hydrogen-bond donors (Lipinski definition) is 2. The number of hydrogen-bond acceptors (Lipinski definition) is 7. The van der Waals surface area contributed by atoms with Crippen LogP contribution >= 0.6 is 11.3 Å². The van der Waals surface area contributed by atoms with Gasteiger partial charge in [-0.2, -0.15) is 0 Å². The van der Waals surface area contributed by atoms with Gasteiger partial charge in [-0.3, -0.25) is 10.1 Å². The topological polar surface area (TPSA) is 110 Å². The molecule has 0 atom stereocenters. The van der Waals surface area contributed by atoms with Crippen molar-refractivity contribution >= 4 is 44.4 Å². The molecule has 0 aliphatic carbocycles. The van der Waals surface area contributed by atoms with Crippen LogP contribution in [-0.4, -0.2) is 26.0 Å². The molecule has 5 heterocycles. The maximum atomic E-state index is 13.2. The fourth-order valence-electron chi connectivity index (χ4n) is 3.73. The van der Waals surface area contributed by atoms with Gasteiger partial charge in [-0.25, -0.2) is 9.97 Å². The molecule has 1 aromatic carbocycles. The summed E-state index contributed by atoms with van der Waals surface area (Å²) in [4.78, 5) is 25.5. The number of H-pyrrole nitrogens is 1. The normalized spacial score (nSPS) is 11.4. The van der Waals surface area contributed by atoms with Crippen LogP contribution in [0.4, 0.5) is 5.13 Å². The monoisotopic (exact) mass is 441 g/mol. The third-order valence-electron chi connectivity index (χ3n) is 5.23. The second kappa shape index (κ2) is 7.17. The van der Waals surface area contributed by atoms with E-state index in [1.807, 2.05) is 35.8 Å². The number of aromatic nitrogens is 4. The predicted octanol–water partition coefficient (Wildman–Crippen LogP) is 5.65. The molecule has 1 amide bonds. The van der Waals surface area contributed by atoms with Crippen molar-refractivity contribution < 1.29 is 13.7 Å². The van der Waals surface area contributed by atoms with Crippen molar-refractivity contribution in [3.05, 3.63) is 71.6 Å². The zero-order valence-corrected chi connectivity index (χ0v) is 17.6. The van der Waals surface area contributed by atoms with Crippen molar-refractivity contribution in [2.75, 3.05) is 5.32 Å². The minimum absolute atomic E-state index is 0.278. The lowest BCUT2D eigenvalue weighted by atomic mass is 10.1. The maximum absolute atomic E-state index is 13.2. The molecular weight excluding hydrogens is 426 g/mol. The Morgan fingerprint density at radius 2 is 2.03 bits per heavy atom. The van der Waals surface area contributed by atoms with Gasteiger partial charge in [0.2, 0.25) is 0 Å². The molecule has 32 heavy (non-hydrogen) atoms. The number of aromatic amines is 1. The molecule has 8 nitrogen and oxygen atoms in total. The van der Waals surface area contributed by atoms with Gasteiger partial charge in [-0.1, -0.05) is 23.4 Å². The molecule has 5 aromatic heterocycles. The number of pyridine rings is 1. The van der Waals surface area contributed by atoms with E-state index in [9.17, 15) is 4.79 Å². The minimum Gasteiger partial charge on any atom is -0.463 e. The van der Waals surface area contributed by atoms with Crippen LogP contribution in [0.5, 0.6) is 0 Å². The number of amides is 1. The van der Waals surface area contributed by atoms with Crippen molar-refractivity contribution in [3.63, 3.8) is 0 Å². The number of thiazole rings is 1. The molecule has 0 fully saturated rings. The molecule has 0 saturated carbocycles. The number of benzene rings is 1. The number of carbonyl (C=O) groups is 1. The smallest absolute Gasteiger partial charge is 0.259 e. The Bertz CT molecular complexity index is 1590. The summed E-state index contributed by atoms with van der Waals surface area (Å²) < 4.78 is 10.8. The first kappa shape index (κ1) is 18.5. The molecule has 0 unspecified atom stereocenters. The number of furan rings is 1. The quantitative estimate of drug-likeness (QED) is 0.366. The number of rotatable bonds is 4. The zero-order chi connectivity index (χ0) is 21.7. The lowest BCUT2D eigenvalue weighted by Crippen LogP contribution is -2.13. The first-order valence-corrected chi connectivity index (χ1v) is 10.7. The second-order valence-corrected chi connectivity index (χ2v) is 8.08. The first-order chi connectivity index (χ1) is 15.7. The van der Waals surface area contributed by atoms with Gasteiger partial charge in [0.25, 0.3) is 11.6 Å². The van der Waals surface area contributed by atoms with Crippen LogP contribution in [0.3, 0.4) is 0 Å². The fraction of sp³-hybridized carbons (Fsp3) is 0.0435. The molecule has 0 aliphatic heterocycles. The highest BCUT2D eigenvalue weighted by Crippen LogP contribution is 2.32. The van der Waals surface area contributed by atoms with Gasteiger partial charge < -0.3 is 13.9 Å². The lowest BCUT2D eigenvalue weighted by Gasteiger charge is -2.05. The van der Waals surface area contributed by atoms with E-state index in [1.54, 1.807) is 31.4 Å². The number of fused-ring (bicyclic) bond motifs is 2. The van der Waals surface area contributed by atoms with Crippen LogP contribution in [-0.2, 0) is 0 Å². The first-order valence-electron chi connectivity index (χ1n) is 9.81. The lowest BCUT2D eigenvalue weighted by molar-refractivity contribution is 0.102. The Kier molecular flexibility index (Phi) is 4.15. The fourth-order valence-corrected chi connectivity index (χ4v) is 4.43. The van der Waals surface area contributed by atoms with Gasteiger partial charge in [0.1, 0.15) is 5.69 Å². The van der Waals surface area contributed by atoms with E-state index < -0.39 is 0 Å². The third-order valence-corrected chi connectivity index (χ3v) is 5.98. The van der Waals surface area contributed by atoms with Gasteiger partial charge in [-0.05, 0) is 31.2 Å². The highest BCUT2D eigenvalue weighted by atomic mass is 32.1. The Hall–Kier alpha value is -4.24. The number of anilines is 1. The molecule has 2 N–H and O–H groups in total. The summed E-state index contributed by atoms with van der Waals surface area (Å²) in [5, 5.41) is 10.9. The molecule has 9 heteroatoms. The van der Waals surface area contributed by atoms with Crippen LogP contribution in [0.25, 0.3) is 44.7 Å². The number of para-hydroxylation sites is 1. The van der Waals surface area contributed by atoms with Crippen LogP contribution in [0.2, 0.25) is 0 Å². The van der Waals surface area contributed by atoms with Crippen LogP contribution in [0.15, 0.2) is 69.2 Å². The van der Waals surface area contributed by atoms with Crippen molar-refractivity contribution in [2.45, 2.75) is 6.92 Å². The van der Waals surface area contributed by atoms with Crippen molar-refractivity contribution in [2.24, 2.45) is 0 Å². The van der Waals surface area contributed by atoms with Crippen LogP contribution < -0.4 is 5.32 Å². The summed E-state index contributed by atoms with van der Waals surface area (Å²) in [6.45, 7) is 1.77. The average Bonchev–Trinajstić information content (AvgIpc) is 3.60. The standard InChI is InChI=1S/C23H15N5O3S/c1-12-20-14(9-17(19-7-4-8-30-19)25-22(20)31-28-12)21(29)27-23-26-18(11-32-23)15-10-24-16-6-3-2-5-13(15)16/h2-11,24H,1H3,(H,26,27,29). The van der Waals surface area contributed by atoms with E-state index in [4.69, 9.17) is 8.94 Å². The molecule has 6 aromatic rings. The van der Waals surface area contributed by atoms with Crippen molar-refractivity contribution in [3.8, 4) is 22.7 Å². The Labute approximate surface area is 184 Å². The highest BCUT2D eigenvalue weighted by molar-refractivity contribution is 7.14. The van der Waals surface area contributed by atoms with Crippen molar-refractivity contribution in [1.29, 1.82) is 0 Å². The van der Waals surface area contributed by atoms with Gasteiger partial charge in [0.05, 0.1) is 28.6 Å². The predicted molar refractivity (Wildman–Crippen MR) is 122 cm³/mol. The molecular formula is C23H15N5O3S. The van der Waals surface area contributed by atoms with E-state index in [2.05, 4.69) is 25.4 Å². The highest BCUT2D eigenvalue weighted by Gasteiger charge is 2.21. The number of carbonyl (C=O) groups excluding carboxylic acids is 1. The summed E-state index contributed by atoms with van der Waals surface area (Å²) in [6.07, 6.45) is 3.47. The average molecular weight is 441 g/mol. The maximum Gasteiger partial charge on any atom is 0.259 e. The van der Waals surface area contributed by atoms with E-state index in [1.165, 1.54) is 11.3 Å². The number of aryl methyl sites for hydroxylation is 1. The Morgan fingerprint density at radius 3 is 2.91 bits per heavy atom. The molecule has 156 valence electrons. The Morgan fingerprint density at radius 1 is 1.12 bits per heavy atom. The van der Waals surface area contributed by atoms with Gasteiger partial charge >= 0.3 is 0 Å². The largest absolute Gasteiger partial charge is 0.463 e.